The summed E-state index contributed by atoms with van der Waals surface area (Å²) >= 11 is 3.26. The molecule has 4 nitrogen and oxygen atoms in total. The average Bonchev–Trinajstić information content (AvgIpc) is 2.73. The summed E-state index contributed by atoms with van der Waals surface area (Å²) in [5, 5.41) is 3.22. The molecule has 0 aliphatic rings. The van der Waals surface area contributed by atoms with E-state index in [1.54, 1.807) is 11.9 Å². The number of carbonyl (C=O) groups is 1. The smallest absolute Gasteiger partial charge is 0.239 e. The molecule has 0 saturated heterocycles. The minimum atomic E-state index is -0.223. The van der Waals surface area contributed by atoms with Crippen molar-refractivity contribution in [2.45, 2.75) is 32.9 Å². The molecular formula is C12H19BrN2O2. The Morgan fingerprint density at radius 2 is 2.18 bits per heavy atom. The van der Waals surface area contributed by atoms with Crippen LogP contribution in [0.15, 0.2) is 21.2 Å². The summed E-state index contributed by atoms with van der Waals surface area (Å²) in [6.45, 7) is 6.51. The predicted octanol–water partition coefficient (Wildman–Crippen LogP) is 2.56. The molecule has 0 radical (unpaired) electrons. The summed E-state index contributed by atoms with van der Waals surface area (Å²) in [5.74, 6) is 0.903. The number of carbonyl (C=O) groups excluding carboxylic acids is 1. The van der Waals surface area contributed by atoms with E-state index in [2.05, 4.69) is 21.2 Å². The van der Waals surface area contributed by atoms with Gasteiger partial charge in [0.1, 0.15) is 5.76 Å². The molecule has 0 spiro atoms. The van der Waals surface area contributed by atoms with Crippen molar-refractivity contribution in [1.82, 2.24) is 10.2 Å². The van der Waals surface area contributed by atoms with E-state index in [9.17, 15) is 4.79 Å². The van der Waals surface area contributed by atoms with Crippen molar-refractivity contribution < 1.29 is 9.21 Å². The van der Waals surface area contributed by atoms with E-state index in [1.165, 1.54) is 0 Å². The Morgan fingerprint density at radius 1 is 1.53 bits per heavy atom. The molecule has 0 bridgehead atoms. The maximum absolute atomic E-state index is 11.9. The molecule has 1 aromatic rings. The molecule has 0 fully saturated rings. The zero-order valence-electron chi connectivity index (χ0n) is 10.7. The molecule has 0 aliphatic carbocycles. The van der Waals surface area contributed by atoms with E-state index in [-0.39, 0.29) is 18.0 Å². The molecule has 1 aromatic heterocycles. The maximum atomic E-state index is 11.9. The lowest BCUT2D eigenvalue weighted by Gasteiger charge is -2.23. The van der Waals surface area contributed by atoms with E-state index in [0.717, 1.165) is 5.76 Å². The van der Waals surface area contributed by atoms with Gasteiger partial charge in [-0.05, 0) is 48.8 Å². The lowest BCUT2D eigenvalue weighted by molar-refractivity contribution is -0.131. The van der Waals surface area contributed by atoms with Crippen molar-refractivity contribution in [1.29, 1.82) is 0 Å². The van der Waals surface area contributed by atoms with Crippen molar-refractivity contribution in [2.24, 2.45) is 0 Å². The van der Waals surface area contributed by atoms with Crippen molar-refractivity contribution in [3.8, 4) is 0 Å². The SMILES string of the molecule is CCN(C)C(=O)C(C)NC(C)c1ccc(Br)o1. The molecule has 5 heteroatoms. The second-order valence-electron chi connectivity index (χ2n) is 4.10. The van der Waals surface area contributed by atoms with E-state index in [1.807, 2.05) is 32.9 Å². The average molecular weight is 303 g/mol. The van der Waals surface area contributed by atoms with Gasteiger partial charge in [-0.2, -0.15) is 0 Å². The first-order valence-corrected chi connectivity index (χ1v) is 6.51. The molecule has 1 heterocycles. The first kappa shape index (κ1) is 14.3. The molecule has 96 valence electrons. The van der Waals surface area contributed by atoms with E-state index >= 15 is 0 Å². The van der Waals surface area contributed by atoms with Crippen LogP contribution in [-0.4, -0.2) is 30.4 Å². The lowest BCUT2D eigenvalue weighted by Crippen LogP contribution is -2.43. The third-order valence-corrected chi connectivity index (χ3v) is 3.17. The molecule has 0 saturated carbocycles. The second kappa shape index (κ2) is 6.21. The first-order valence-electron chi connectivity index (χ1n) is 5.72. The Kier molecular flexibility index (Phi) is 5.21. The van der Waals surface area contributed by atoms with Gasteiger partial charge in [-0.15, -0.1) is 0 Å². The van der Waals surface area contributed by atoms with Crippen molar-refractivity contribution in [3.63, 3.8) is 0 Å². The van der Waals surface area contributed by atoms with Crippen LogP contribution in [0.3, 0.4) is 0 Å². The number of halogens is 1. The number of nitrogens with zero attached hydrogens (tertiary/aromatic N) is 1. The van der Waals surface area contributed by atoms with Crippen LogP contribution in [0.25, 0.3) is 0 Å². The normalized spacial score (nSPS) is 14.4. The highest BCUT2D eigenvalue weighted by atomic mass is 79.9. The molecule has 2 atom stereocenters. The Hall–Kier alpha value is -0.810. The number of hydrogen-bond acceptors (Lipinski definition) is 3. The van der Waals surface area contributed by atoms with Crippen LogP contribution in [0.2, 0.25) is 0 Å². The van der Waals surface area contributed by atoms with Crippen LogP contribution in [0.5, 0.6) is 0 Å². The summed E-state index contributed by atoms with van der Waals surface area (Å²) in [6.07, 6.45) is 0. The number of nitrogens with one attached hydrogen (secondary N) is 1. The number of furan rings is 1. The molecule has 0 aliphatic heterocycles. The molecule has 0 aromatic carbocycles. The summed E-state index contributed by atoms with van der Waals surface area (Å²) in [5.41, 5.74) is 0. The summed E-state index contributed by atoms with van der Waals surface area (Å²) in [7, 11) is 1.80. The van der Waals surface area contributed by atoms with Gasteiger partial charge in [0.05, 0.1) is 12.1 Å². The third kappa shape index (κ3) is 3.85. The number of amides is 1. The van der Waals surface area contributed by atoms with Gasteiger partial charge in [0.2, 0.25) is 5.91 Å². The highest BCUT2D eigenvalue weighted by Crippen LogP contribution is 2.20. The number of hydrogen-bond donors (Lipinski definition) is 1. The third-order valence-electron chi connectivity index (χ3n) is 2.74. The van der Waals surface area contributed by atoms with Gasteiger partial charge in [0.15, 0.2) is 4.67 Å². The predicted molar refractivity (Wildman–Crippen MR) is 70.7 cm³/mol. The minimum absolute atomic E-state index is 0.00510. The Balaban J connectivity index is 2.56. The summed E-state index contributed by atoms with van der Waals surface area (Å²) in [4.78, 5) is 13.6. The number of rotatable bonds is 5. The standard InChI is InChI=1S/C12H19BrN2O2/c1-5-15(4)12(16)9(3)14-8(2)10-6-7-11(13)17-10/h6-9,14H,5H2,1-4H3. The topological polar surface area (TPSA) is 45.5 Å². The van der Waals surface area contributed by atoms with Gasteiger partial charge in [0.25, 0.3) is 0 Å². The van der Waals surface area contributed by atoms with Gasteiger partial charge in [-0.25, -0.2) is 0 Å². The number of likely N-dealkylation sites (N-methyl/N-ethyl adjacent to an activating group) is 1. The van der Waals surface area contributed by atoms with Crippen LogP contribution in [-0.2, 0) is 4.79 Å². The van der Waals surface area contributed by atoms with Crippen LogP contribution in [0.1, 0.15) is 32.6 Å². The molecule has 1 N–H and O–H groups in total. The molecule has 1 rings (SSSR count). The van der Waals surface area contributed by atoms with Gasteiger partial charge < -0.3 is 9.32 Å². The quantitative estimate of drug-likeness (QED) is 0.909. The summed E-state index contributed by atoms with van der Waals surface area (Å²) < 4.78 is 6.14. The maximum Gasteiger partial charge on any atom is 0.239 e. The van der Waals surface area contributed by atoms with Crippen molar-refractivity contribution in [2.75, 3.05) is 13.6 Å². The zero-order valence-corrected chi connectivity index (χ0v) is 12.2. The highest BCUT2D eigenvalue weighted by molar-refractivity contribution is 9.10. The molecule has 1 amide bonds. The fourth-order valence-corrected chi connectivity index (χ4v) is 1.89. The van der Waals surface area contributed by atoms with Crippen LogP contribution < -0.4 is 5.32 Å². The first-order chi connectivity index (χ1) is 7.95. The van der Waals surface area contributed by atoms with Crippen LogP contribution in [0, 0.1) is 0 Å². The fraction of sp³-hybridized carbons (Fsp3) is 0.583. The Bertz CT molecular complexity index is 378. The minimum Gasteiger partial charge on any atom is -0.453 e. The van der Waals surface area contributed by atoms with Crippen molar-refractivity contribution >= 4 is 21.8 Å². The van der Waals surface area contributed by atoms with E-state index in [4.69, 9.17) is 4.42 Å². The van der Waals surface area contributed by atoms with Gasteiger partial charge in [0, 0.05) is 13.6 Å². The second-order valence-corrected chi connectivity index (χ2v) is 4.89. The van der Waals surface area contributed by atoms with E-state index < -0.39 is 0 Å². The highest BCUT2D eigenvalue weighted by Gasteiger charge is 2.20. The van der Waals surface area contributed by atoms with E-state index in [0.29, 0.717) is 11.2 Å². The monoisotopic (exact) mass is 302 g/mol. The fourth-order valence-electron chi connectivity index (χ4n) is 1.58. The molecule has 2 unspecified atom stereocenters. The van der Waals surface area contributed by atoms with Gasteiger partial charge in [-0.1, -0.05) is 0 Å². The van der Waals surface area contributed by atoms with Gasteiger partial charge in [-0.3, -0.25) is 10.1 Å². The lowest BCUT2D eigenvalue weighted by atomic mass is 10.2. The Labute approximate surface area is 110 Å². The van der Waals surface area contributed by atoms with Crippen molar-refractivity contribution in [3.05, 3.63) is 22.6 Å². The zero-order chi connectivity index (χ0) is 13.0. The summed E-state index contributed by atoms with van der Waals surface area (Å²) in [6, 6.07) is 3.52. The van der Waals surface area contributed by atoms with Gasteiger partial charge >= 0.3 is 0 Å². The molecule has 17 heavy (non-hydrogen) atoms. The van der Waals surface area contributed by atoms with Crippen LogP contribution >= 0.6 is 15.9 Å². The largest absolute Gasteiger partial charge is 0.453 e. The Morgan fingerprint density at radius 3 is 2.65 bits per heavy atom. The van der Waals surface area contributed by atoms with Crippen LogP contribution in [0.4, 0.5) is 0 Å². The molecular weight excluding hydrogens is 284 g/mol.